The van der Waals surface area contributed by atoms with Crippen LogP contribution < -0.4 is 4.90 Å². The molecule has 2 rings (SSSR count). The molecule has 3 nitrogen and oxygen atoms in total. The second-order valence-electron chi connectivity index (χ2n) is 5.42. The number of likely N-dealkylation sites (N-methyl/N-ethyl adjacent to an activating group) is 1. The molecule has 1 aliphatic rings. The normalized spacial score (nSPS) is 25.4. The Hall–Kier alpha value is -1.13. The first kappa shape index (κ1) is 14.3. The van der Waals surface area contributed by atoms with Gasteiger partial charge >= 0.3 is 0 Å². The Morgan fingerprint density at radius 1 is 1.42 bits per heavy atom. The number of halogens is 1. The molecule has 4 heteroatoms. The molecule has 2 unspecified atom stereocenters. The Balaban J connectivity index is 2.24. The molecule has 1 aliphatic heterocycles. The van der Waals surface area contributed by atoms with E-state index in [9.17, 15) is 9.50 Å². The average Bonchev–Trinajstić information content (AvgIpc) is 2.51. The molecule has 1 N–H and O–H groups in total. The van der Waals surface area contributed by atoms with Gasteiger partial charge in [0, 0.05) is 37.5 Å². The van der Waals surface area contributed by atoms with E-state index in [1.54, 1.807) is 12.1 Å². The molecule has 0 radical (unpaired) electrons. The highest BCUT2D eigenvalue weighted by Gasteiger charge is 2.26. The van der Waals surface area contributed by atoms with Crippen LogP contribution in [-0.2, 0) is 0 Å². The minimum atomic E-state index is -0.203. The number of benzene rings is 1. The van der Waals surface area contributed by atoms with Gasteiger partial charge in [-0.3, -0.25) is 0 Å². The summed E-state index contributed by atoms with van der Waals surface area (Å²) in [6.45, 7) is 4.18. The quantitative estimate of drug-likeness (QED) is 0.907. The maximum absolute atomic E-state index is 13.4. The third-order valence-corrected chi connectivity index (χ3v) is 4.08. The number of hydrogen-bond donors (Lipinski definition) is 1. The number of nitrogens with zero attached hydrogens (tertiary/aromatic N) is 2. The van der Waals surface area contributed by atoms with Gasteiger partial charge in [0.2, 0.25) is 0 Å². The molecule has 1 heterocycles. The van der Waals surface area contributed by atoms with E-state index in [0.717, 1.165) is 25.2 Å². The summed E-state index contributed by atoms with van der Waals surface area (Å²) >= 11 is 0. The van der Waals surface area contributed by atoms with Gasteiger partial charge in [0.1, 0.15) is 5.82 Å². The topological polar surface area (TPSA) is 26.7 Å². The number of aliphatic hydroxyl groups is 1. The van der Waals surface area contributed by atoms with E-state index in [0.29, 0.717) is 12.5 Å². The Morgan fingerprint density at radius 3 is 2.89 bits per heavy atom. The summed E-state index contributed by atoms with van der Waals surface area (Å²) in [5.41, 5.74) is 0.918. The molecule has 0 spiro atoms. The minimum absolute atomic E-state index is 0.165. The zero-order valence-electron chi connectivity index (χ0n) is 11.7. The SMILES string of the molecule is CC1CCN(c2cccc(F)c2)C(CCO)CN1C. The highest BCUT2D eigenvalue weighted by Crippen LogP contribution is 2.24. The van der Waals surface area contributed by atoms with Crippen molar-refractivity contribution in [1.82, 2.24) is 4.90 Å². The lowest BCUT2D eigenvalue weighted by Crippen LogP contribution is -2.41. The summed E-state index contributed by atoms with van der Waals surface area (Å²) in [5.74, 6) is -0.203. The van der Waals surface area contributed by atoms with Crippen molar-refractivity contribution >= 4 is 5.69 Å². The lowest BCUT2D eigenvalue weighted by Gasteiger charge is -2.32. The fourth-order valence-corrected chi connectivity index (χ4v) is 2.73. The van der Waals surface area contributed by atoms with Crippen molar-refractivity contribution in [3.05, 3.63) is 30.1 Å². The Labute approximate surface area is 114 Å². The molecule has 1 fully saturated rings. The maximum atomic E-state index is 13.4. The monoisotopic (exact) mass is 266 g/mol. The molecule has 0 saturated carbocycles. The van der Waals surface area contributed by atoms with Crippen molar-refractivity contribution < 1.29 is 9.50 Å². The molecule has 19 heavy (non-hydrogen) atoms. The zero-order valence-corrected chi connectivity index (χ0v) is 11.7. The molecule has 0 aliphatic carbocycles. The summed E-state index contributed by atoms with van der Waals surface area (Å²) in [7, 11) is 2.12. The fourth-order valence-electron chi connectivity index (χ4n) is 2.73. The third-order valence-electron chi connectivity index (χ3n) is 4.08. The Kier molecular flexibility index (Phi) is 4.77. The summed E-state index contributed by atoms with van der Waals surface area (Å²) in [5, 5.41) is 9.26. The first-order chi connectivity index (χ1) is 9.11. The number of aliphatic hydroxyl groups excluding tert-OH is 1. The largest absolute Gasteiger partial charge is 0.396 e. The van der Waals surface area contributed by atoms with Gasteiger partial charge in [0.25, 0.3) is 0 Å². The lowest BCUT2D eigenvalue weighted by atomic mass is 10.1. The van der Waals surface area contributed by atoms with Crippen molar-refractivity contribution in [3.8, 4) is 0 Å². The van der Waals surface area contributed by atoms with Crippen molar-refractivity contribution in [1.29, 1.82) is 0 Å². The standard InChI is InChI=1S/C15H23FN2O/c1-12-6-8-18(14-5-3-4-13(16)10-14)15(7-9-19)11-17(12)2/h3-5,10,12,15,19H,6-9,11H2,1-2H3. The molecule has 2 atom stereocenters. The van der Waals surface area contributed by atoms with E-state index in [2.05, 4.69) is 23.8 Å². The van der Waals surface area contributed by atoms with E-state index in [4.69, 9.17) is 0 Å². The summed E-state index contributed by atoms with van der Waals surface area (Å²) in [4.78, 5) is 4.55. The lowest BCUT2D eigenvalue weighted by molar-refractivity contribution is 0.227. The second kappa shape index (κ2) is 6.35. The van der Waals surface area contributed by atoms with Gasteiger partial charge in [0.05, 0.1) is 0 Å². The van der Waals surface area contributed by atoms with Gasteiger partial charge in [-0.05, 0) is 45.0 Å². The Morgan fingerprint density at radius 2 is 2.21 bits per heavy atom. The van der Waals surface area contributed by atoms with E-state index in [1.165, 1.54) is 6.07 Å². The average molecular weight is 266 g/mol. The zero-order chi connectivity index (χ0) is 13.8. The van der Waals surface area contributed by atoms with E-state index in [1.807, 2.05) is 6.07 Å². The van der Waals surface area contributed by atoms with Crippen LogP contribution in [0, 0.1) is 5.82 Å². The molecule has 0 bridgehead atoms. The second-order valence-corrected chi connectivity index (χ2v) is 5.42. The van der Waals surface area contributed by atoms with E-state index in [-0.39, 0.29) is 18.5 Å². The molecule has 1 aromatic rings. The van der Waals surface area contributed by atoms with Crippen LogP contribution in [0.1, 0.15) is 19.8 Å². The molecule has 106 valence electrons. The first-order valence-corrected chi connectivity index (χ1v) is 6.95. The van der Waals surface area contributed by atoms with Crippen LogP contribution >= 0.6 is 0 Å². The van der Waals surface area contributed by atoms with E-state index >= 15 is 0 Å². The van der Waals surface area contributed by atoms with Crippen LogP contribution in [0.4, 0.5) is 10.1 Å². The van der Waals surface area contributed by atoms with Crippen LogP contribution in [0.2, 0.25) is 0 Å². The van der Waals surface area contributed by atoms with Gasteiger partial charge in [-0.15, -0.1) is 0 Å². The minimum Gasteiger partial charge on any atom is -0.396 e. The molecule has 0 amide bonds. The summed E-state index contributed by atoms with van der Waals surface area (Å²) < 4.78 is 13.4. The fraction of sp³-hybridized carbons (Fsp3) is 0.600. The molecular formula is C15H23FN2O. The van der Waals surface area contributed by atoms with Crippen molar-refractivity contribution in [2.24, 2.45) is 0 Å². The van der Waals surface area contributed by atoms with Crippen LogP contribution in [-0.4, -0.2) is 48.8 Å². The van der Waals surface area contributed by atoms with Gasteiger partial charge < -0.3 is 14.9 Å². The van der Waals surface area contributed by atoms with Crippen molar-refractivity contribution in [3.63, 3.8) is 0 Å². The molecule has 0 aromatic heterocycles. The van der Waals surface area contributed by atoms with Crippen LogP contribution in [0.15, 0.2) is 24.3 Å². The van der Waals surface area contributed by atoms with E-state index < -0.39 is 0 Å². The van der Waals surface area contributed by atoms with Crippen LogP contribution in [0.25, 0.3) is 0 Å². The maximum Gasteiger partial charge on any atom is 0.125 e. The first-order valence-electron chi connectivity index (χ1n) is 6.95. The smallest absolute Gasteiger partial charge is 0.125 e. The van der Waals surface area contributed by atoms with Gasteiger partial charge in [-0.25, -0.2) is 4.39 Å². The van der Waals surface area contributed by atoms with Gasteiger partial charge in [0.15, 0.2) is 0 Å². The summed E-state index contributed by atoms with van der Waals surface area (Å²) in [6, 6.07) is 7.50. The summed E-state index contributed by atoms with van der Waals surface area (Å²) in [6.07, 6.45) is 1.77. The van der Waals surface area contributed by atoms with Crippen molar-refractivity contribution in [2.45, 2.75) is 31.8 Å². The molecule has 1 aromatic carbocycles. The molecule has 1 saturated heterocycles. The number of anilines is 1. The van der Waals surface area contributed by atoms with Crippen LogP contribution in [0.5, 0.6) is 0 Å². The predicted molar refractivity (Wildman–Crippen MR) is 75.9 cm³/mol. The Bertz CT molecular complexity index is 413. The highest BCUT2D eigenvalue weighted by atomic mass is 19.1. The number of hydrogen-bond acceptors (Lipinski definition) is 3. The van der Waals surface area contributed by atoms with Crippen molar-refractivity contribution in [2.75, 3.05) is 31.6 Å². The highest BCUT2D eigenvalue weighted by molar-refractivity contribution is 5.48. The third kappa shape index (κ3) is 3.45. The van der Waals surface area contributed by atoms with Gasteiger partial charge in [-0.2, -0.15) is 0 Å². The predicted octanol–water partition coefficient (Wildman–Crippen LogP) is 2.11. The molecular weight excluding hydrogens is 243 g/mol. The van der Waals surface area contributed by atoms with Crippen LogP contribution in [0.3, 0.4) is 0 Å². The number of rotatable bonds is 3. The van der Waals surface area contributed by atoms with Gasteiger partial charge in [-0.1, -0.05) is 6.07 Å².